The van der Waals surface area contributed by atoms with E-state index in [2.05, 4.69) is 11.1 Å². The Morgan fingerprint density at radius 2 is 1.73 bits per heavy atom. The van der Waals surface area contributed by atoms with Crippen molar-refractivity contribution < 1.29 is 9.59 Å². The summed E-state index contributed by atoms with van der Waals surface area (Å²) >= 11 is 13.8. The summed E-state index contributed by atoms with van der Waals surface area (Å²) in [6.45, 7) is 2.08. The van der Waals surface area contributed by atoms with Crippen LogP contribution in [-0.4, -0.2) is 52.8 Å². The van der Waals surface area contributed by atoms with Gasteiger partial charge in [-0.2, -0.15) is 0 Å². The van der Waals surface area contributed by atoms with Crippen molar-refractivity contribution in [2.45, 2.75) is 19.3 Å². The maximum atomic E-state index is 12.7. The zero-order chi connectivity index (χ0) is 21.1. The standard InChI is InChI=1S/C22H21Cl2N3O2S/c23-15-8-9-16(17(24)14-15)22(29)27-12-10-26(11-13-27)21(28)7-3-6-20-25-18-4-1-2-5-19(18)30-20/h1-2,4-5,8-9,14H,3,6-7,10-13H2. The van der Waals surface area contributed by atoms with Crippen molar-refractivity contribution in [1.82, 2.24) is 14.8 Å². The lowest BCUT2D eigenvalue weighted by Crippen LogP contribution is -2.50. The number of para-hydroxylation sites is 1. The molecule has 0 aliphatic carbocycles. The van der Waals surface area contributed by atoms with Crippen molar-refractivity contribution in [2.24, 2.45) is 0 Å². The summed E-state index contributed by atoms with van der Waals surface area (Å²) in [6.07, 6.45) is 2.07. The molecular formula is C22H21Cl2N3O2S. The van der Waals surface area contributed by atoms with Gasteiger partial charge in [-0.15, -0.1) is 11.3 Å². The van der Waals surface area contributed by atoms with Crippen LogP contribution in [-0.2, 0) is 11.2 Å². The largest absolute Gasteiger partial charge is 0.339 e. The van der Waals surface area contributed by atoms with Gasteiger partial charge in [0.05, 0.1) is 25.8 Å². The molecule has 4 rings (SSSR count). The second-order valence-corrected chi connectivity index (χ2v) is 9.18. The number of nitrogens with zero attached hydrogens (tertiary/aromatic N) is 3. The highest BCUT2D eigenvalue weighted by atomic mass is 35.5. The number of rotatable bonds is 5. The summed E-state index contributed by atoms with van der Waals surface area (Å²) in [5.41, 5.74) is 1.46. The number of halogens is 2. The first-order valence-corrected chi connectivity index (χ1v) is 11.4. The fourth-order valence-electron chi connectivity index (χ4n) is 3.57. The molecule has 0 radical (unpaired) electrons. The number of amides is 2. The number of carbonyl (C=O) groups is 2. The van der Waals surface area contributed by atoms with Crippen molar-refractivity contribution in [3.8, 4) is 0 Å². The van der Waals surface area contributed by atoms with Gasteiger partial charge < -0.3 is 9.80 Å². The van der Waals surface area contributed by atoms with E-state index in [1.165, 1.54) is 4.70 Å². The number of benzene rings is 2. The highest BCUT2D eigenvalue weighted by molar-refractivity contribution is 7.18. The first-order chi connectivity index (χ1) is 14.5. The molecule has 0 N–H and O–H groups in total. The summed E-state index contributed by atoms with van der Waals surface area (Å²) in [5.74, 6) is 0.00679. The minimum absolute atomic E-state index is 0.125. The van der Waals surface area contributed by atoms with Crippen LogP contribution in [0, 0.1) is 0 Å². The molecule has 30 heavy (non-hydrogen) atoms. The van der Waals surface area contributed by atoms with Gasteiger partial charge in [0, 0.05) is 37.6 Å². The molecule has 156 valence electrons. The van der Waals surface area contributed by atoms with Gasteiger partial charge in [-0.05, 0) is 43.2 Å². The molecule has 0 spiro atoms. The maximum absolute atomic E-state index is 12.7. The van der Waals surface area contributed by atoms with Gasteiger partial charge in [0.15, 0.2) is 0 Å². The van der Waals surface area contributed by atoms with Crippen LogP contribution in [0.2, 0.25) is 10.0 Å². The fourth-order valence-corrected chi connectivity index (χ4v) is 5.07. The first-order valence-electron chi connectivity index (χ1n) is 9.88. The number of aromatic nitrogens is 1. The van der Waals surface area contributed by atoms with Crippen LogP contribution in [0.5, 0.6) is 0 Å². The number of hydrogen-bond donors (Lipinski definition) is 0. The van der Waals surface area contributed by atoms with E-state index in [4.69, 9.17) is 23.2 Å². The van der Waals surface area contributed by atoms with E-state index in [9.17, 15) is 9.59 Å². The Morgan fingerprint density at radius 1 is 1.00 bits per heavy atom. The summed E-state index contributed by atoms with van der Waals surface area (Å²) < 4.78 is 1.18. The van der Waals surface area contributed by atoms with Gasteiger partial charge in [0.25, 0.3) is 5.91 Å². The van der Waals surface area contributed by atoms with Crippen LogP contribution in [0.1, 0.15) is 28.2 Å². The Labute approximate surface area is 189 Å². The molecule has 1 aromatic heterocycles. The third-order valence-corrected chi connectivity index (χ3v) is 6.84. The smallest absolute Gasteiger partial charge is 0.255 e. The van der Waals surface area contributed by atoms with E-state index in [-0.39, 0.29) is 11.8 Å². The molecule has 5 nitrogen and oxygen atoms in total. The van der Waals surface area contributed by atoms with Crippen molar-refractivity contribution in [3.63, 3.8) is 0 Å². The van der Waals surface area contributed by atoms with Crippen LogP contribution < -0.4 is 0 Å². The van der Waals surface area contributed by atoms with Gasteiger partial charge in [0.1, 0.15) is 0 Å². The Kier molecular flexibility index (Phi) is 6.56. The highest BCUT2D eigenvalue weighted by Crippen LogP contribution is 2.24. The second kappa shape index (κ2) is 9.33. The number of piperazine rings is 1. The average Bonchev–Trinajstić information content (AvgIpc) is 3.16. The van der Waals surface area contributed by atoms with E-state index < -0.39 is 0 Å². The molecule has 2 amide bonds. The average molecular weight is 462 g/mol. The molecule has 0 saturated carbocycles. The van der Waals surface area contributed by atoms with Crippen LogP contribution in [0.15, 0.2) is 42.5 Å². The van der Waals surface area contributed by atoms with E-state index in [1.807, 2.05) is 23.1 Å². The number of aryl methyl sites for hydroxylation is 1. The molecule has 2 aromatic carbocycles. The summed E-state index contributed by atoms with van der Waals surface area (Å²) in [7, 11) is 0. The Balaban J connectivity index is 1.25. The van der Waals surface area contributed by atoms with Gasteiger partial charge in [0.2, 0.25) is 5.91 Å². The zero-order valence-corrected chi connectivity index (χ0v) is 18.6. The molecule has 1 saturated heterocycles. The van der Waals surface area contributed by atoms with E-state index in [0.717, 1.165) is 23.4 Å². The van der Waals surface area contributed by atoms with Gasteiger partial charge in [-0.3, -0.25) is 9.59 Å². The minimum Gasteiger partial charge on any atom is -0.339 e. The van der Waals surface area contributed by atoms with Crippen LogP contribution in [0.25, 0.3) is 10.2 Å². The van der Waals surface area contributed by atoms with Crippen molar-refractivity contribution in [2.75, 3.05) is 26.2 Å². The molecule has 8 heteroatoms. The zero-order valence-electron chi connectivity index (χ0n) is 16.3. The topological polar surface area (TPSA) is 53.5 Å². The Morgan fingerprint density at radius 3 is 2.47 bits per heavy atom. The van der Waals surface area contributed by atoms with Gasteiger partial charge >= 0.3 is 0 Å². The van der Waals surface area contributed by atoms with Gasteiger partial charge in [-0.25, -0.2) is 4.98 Å². The lowest BCUT2D eigenvalue weighted by atomic mass is 10.1. The second-order valence-electron chi connectivity index (χ2n) is 7.23. The number of fused-ring (bicyclic) bond motifs is 1. The minimum atomic E-state index is -0.125. The number of hydrogen-bond acceptors (Lipinski definition) is 4. The third kappa shape index (κ3) is 4.77. The summed E-state index contributed by atoms with van der Waals surface area (Å²) in [4.78, 5) is 33.5. The monoisotopic (exact) mass is 461 g/mol. The molecular weight excluding hydrogens is 441 g/mol. The SMILES string of the molecule is O=C(CCCc1nc2ccccc2s1)N1CCN(C(=O)c2ccc(Cl)cc2Cl)CC1. The molecule has 0 bridgehead atoms. The van der Waals surface area contributed by atoms with E-state index in [1.54, 1.807) is 34.4 Å². The quantitative estimate of drug-likeness (QED) is 0.542. The lowest BCUT2D eigenvalue weighted by Gasteiger charge is -2.35. The van der Waals surface area contributed by atoms with Crippen molar-refractivity contribution in [1.29, 1.82) is 0 Å². The summed E-state index contributed by atoms with van der Waals surface area (Å²) in [6, 6.07) is 13.0. The molecule has 3 aromatic rings. The van der Waals surface area contributed by atoms with Crippen LogP contribution in [0.3, 0.4) is 0 Å². The molecule has 1 fully saturated rings. The van der Waals surface area contributed by atoms with Crippen molar-refractivity contribution >= 4 is 56.6 Å². The van der Waals surface area contributed by atoms with Crippen LogP contribution >= 0.6 is 34.5 Å². The third-order valence-electron chi connectivity index (χ3n) is 5.20. The first kappa shape index (κ1) is 21.1. The molecule has 1 aliphatic heterocycles. The number of carbonyl (C=O) groups excluding carboxylic acids is 2. The Hall–Kier alpha value is -2.15. The molecule has 0 atom stereocenters. The number of thiazole rings is 1. The molecule has 2 heterocycles. The van der Waals surface area contributed by atoms with E-state index >= 15 is 0 Å². The predicted molar refractivity (Wildman–Crippen MR) is 122 cm³/mol. The highest BCUT2D eigenvalue weighted by Gasteiger charge is 2.25. The van der Waals surface area contributed by atoms with Crippen LogP contribution in [0.4, 0.5) is 0 Å². The fraction of sp³-hybridized carbons (Fsp3) is 0.318. The Bertz CT molecular complexity index is 1040. The molecule has 0 unspecified atom stereocenters. The normalized spacial score (nSPS) is 14.3. The van der Waals surface area contributed by atoms with Crippen molar-refractivity contribution in [3.05, 3.63) is 63.1 Å². The summed E-state index contributed by atoms with van der Waals surface area (Å²) in [5, 5.41) is 1.91. The van der Waals surface area contributed by atoms with E-state index in [0.29, 0.717) is 48.2 Å². The molecule has 1 aliphatic rings. The van der Waals surface area contributed by atoms with Gasteiger partial charge in [-0.1, -0.05) is 35.3 Å². The predicted octanol–water partition coefficient (Wildman–Crippen LogP) is 4.91. The lowest BCUT2D eigenvalue weighted by molar-refractivity contribution is -0.132. The maximum Gasteiger partial charge on any atom is 0.255 e.